The van der Waals surface area contributed by atoms with Gasteiger partial charge in [0.2, 0.25) is 0 Å². The number of aryl methyl sites for hydroxylation is 1. The number of rotatable bonds is 4. The highest BCUT2D eigenvalue weighted by Gasteiger charge is 2.29. The summed E-state index contributed by atoms with van der Waals surface area (Å²) in [6, 6.07) is 10.5. The number of carbonyl (C=O) groups is 1. The topological polar surface area (TPSA) is 72.5 Å². The molecule has 0 aliphatic heterocycles. The van der Waals surface area contributed by atoms with Gasteiger partial charge < -0.3 is 4.74 Å². The van der Waals surface area contributed by atoms with Crippen molar-refractivity contribution in [3.05, 3.63) is 58.7 Å². The minimum absolute atomic E-state index is 0.00374. The number of fused-ring (bicyclic) bond motifs is 1. The Hall–Kier alpha value is -2.45. The van der Waals surface area contributed by atoms with Crippen LogP contribution in [-0.4, -0.2) is 21.5 Å². The van der Waals surface area contributed by atoms with Gasteiger partial charge in [0.1, 0.15) is 15.6 Å². The van der Waals surface area contributed by atoms with Crippen molar-refractivity contribution in [1.29, 1.82) is 0 Å². The third-order valence-corrected chi connectivity index (χ3v) is 6.35. The summed E-state index contributed by atoms with van der Waals surface area (Å²) in [6.45, 7) is 1.59. The lowest BCUT2D eigenvalue weighted by Gasteiger charge is -2.11. The molecule has 1 N–H and O–H groups in total. The molecule has 0 saturated heterocycles. The predicted octanol–water partition coefficient (Wildman–Crippen LogP) is 3.94. The predicted molar refractivity (Wildman–Crippen MR) is 95.1 cm³/mol. The number of hydrogen-bond donors (Lipinski definition) is 1. The number of benzene rings is 2. The second kappa shape index (κ2) is 6.45. The lowest BCUT2D eigenvalue weighted by molar-refractivity contribution is 0.0602. The van der Waals surface area contributed by atoms with Gasteiger partial charge in [0, 0.05) is 10.1 Å². The van der Waals surface area contributed by atoms with Crippen molar-refractivity contribution in [1.82, 2.24) is 0 Å². The van der Waals surface area contributed by atoms with E-state index in [0.29, 0.717) is 15.6 Å². The molecule has 0 unspecified atom stereocenters. The van der Waals surface area contributed by atoms with E-state index in [2.05, 4.69) is 4.72 Å². The first-order valence-electron chi connectivity index (χ1n) is 7.22. The van der Waals surface area contributed by atoms with Crippen molar-refractivity contribution >= 4 is 43.1 Å². The molecule has 0 radical (unpaired) electrons. The minimum Gasteiger partial charge on any atom is -0.465 e. The van der Waals surface area contributed by atoms with Crippen molar-refractivity contribution in [3.63, 3.8) is 0 Å². The van der Waals surface area contributed by atoms with Crippen LogP contribution >= 0.6 is 11.3 Å². The summed E-state index contributed by atoms with van der Waals surface area (Å²) in [4.78, 5) is 11.9. The van der Waals surface area contributed by atoms with Crippen LogP contribution in [0.2, 0.25) is 0 Å². The van der Waals surface area contributed by atoms with E-state index in [1.165, 1.54) is 19.2 Å². The first-order chi connectivity index (χ1) is 11.8. The van der Waals surface area contributed by atoms with E-state index in [1.54, 1.807) is 31.2 Å². The first-order valence-corrected chi connectivity index (χ1v) is 9.52. The Bertz CT molecular complexity index is 1070. The number of hydrogen-bond acceptors (Lipinski definition) is 5. The molecule has 5 nitrogen and oxygen atoms in total. The summed E-state index contributed by atoms with van der Waals surface area (Å²) in [5.74, 6) is -1.19. The van der Waals surface area contributed by atoms with E-state index in [4.69, 9.17) is 4.74 Å². The number of halogens is 1. The third kappa shape index (κ3) is 3.22. The van der Waals surface area contributed by atoms with Crippen molar-refractivity contribution < 1.29 is 22.3 Å². The fraction of sp³-hybridized carbons (Fsp3) is 0.118. The summed E-state index contributed by atoms with van der Waals surface area (Å²) < 4.78 is 46.9. The van der Waals surface area contributed by atoms with Crippen LogP contribution in [0.4, 0.5) is 10.1 Å². The van der Waals surface area contributed by atoms with Gasteiger partial charge in [0.15, 0.2) is 0 Å². The molecule has 0 aliphatic carbocycles. The number of sulfonamides is 1. The van der Waals surface area contributed by atoms with Crippen LogP contribution in [0.1, 0.15) is 15.2 Å². The normalized spacial score (nSPS) is 11.5. The number of thiophene rings is 1. The van der Waals surface area contributed by atoms with Crippen LogP contribution in [0.5, 0.6) is 0 Å². The van der Waals surface area contributed by atoms with E-state index in [-0.39, 0.29) is 15.5 Å². The van der Waals surface area contributed by atoms with Gasteiger partial charge >= 0.3 is 5.97 Å². The van der Waals surface area contributed by atoms with Crippen LogP contribution in [0, 0.1) is 12.7 Å². The second-order valence-electron chi connectivity index (χ2n) is 5.31. The maximum Gasteiger partial charge on any atom is 0.349 e. The van der Waals surface area contributed by atoms with Gasteiger partial charge in [0.25, 0.3) is 10.0 Å². The van der Waals surface area contributed by atoms with Gasteiger partial charge in [-0.2, -0.15) is 0 Å². The first kappa shape index (κ1) is 17.4. The average molecular weight is 379 g/mol. The van der Waals surface area contributed by atoms with E-state index < -0.39 is 21.8 Å². The SMILES string of the molecule is COC(=O)c1sc2ccccc2c1S(=O)(=O)Nc1ccc(F)cc1C. The van der Waals surface area contributed by atoms with Crippen LogP contribution in [0.25, 0.3) is 10.1 Å². The largest absolute Gasteiger partial charge is 0.465 e. The Labute approximate surface area is 148 Å². The molecule has 0 bridgehead atoms. The Morgan fingerprint density at radius 1 is 1.20 bits per heavy atom. The molecule has 25 heavy (non-hydrogen) atoms. The zero-order valence-corrected chi connectivity index (χ0v) is 15.0. The Morgan fingerprint density at radius 3 is 2.60 bits per heavy atom. The van der Waals surface area contributed by atoms with Gasteiger partial charge in [-0.15, -0.1) is 11.3 Å². The Morgan fingerprint density at radius 2 is 1.92 bits per heavy atom. The number of methoxy groups -OCH3 is 1. The Kier molecular flexibility index (Phi) is 4.49. The molecule has 0 saturated carbocycles. The van der Waals surface area contributed by atoms with Gasteiger partial charge in [-0.05, 0) is 36.8 Å². The number of nitrogens with one attached hydrogen (secondary N) is 1. The molecule has 0 amide bonds. The molecule has 0 fully saturated rings. The molecule has 3 rings (SSSR count). The molecular weight excluding hydrogens is 365 g/mol. The summed E-state index contributed by atoms with van der Waals surface area (Å²) >= 11 is 1.05. The zero-order valence-electron chi connectivity index (χ0n) is 13.4. The van der Waals surface area contributed by atoms with Crippen LogP contribution in [0.15, 0.2) is 47.4 Å². The monoisotopic (exact) mass is 379 g/mol. The summed E-state index contributed by atoms with van der Waals surface area (Å²) in [6.07, 6.45) is 0. The van der Waals surface area contributed by atoms with E-state index in [9.17, 15) is 17.6 Å². The molecule has 3 aromatic rings. The number of anilines is 1. The molecule has 2 aromatic carbocycles. The third-order valence-electron chi connectivity index (χ3n) is 3.62. The maximum atomic E-state index is 13.2. The van der Waals surface area contributed by atoms with Crippen molar-refractivity contribution in [3.8, 4) is 0 Å². The van der Waals surface area contributed by atoms with Gasteiger partial charge in [-0.3, -0.25) is 4.72 Å². The fourth-order valence-electron chi connectivity index (χ4n) is 2.45. The molecule has 8 heteroatoms. The van der Waals surface area contributed by atoms with E-state index >= 15 is 0 Å². The molecular formula is C17H14FNO4S2. The number of carbonyl (C=O) groups excluding carboxylic acids is 1. The zero-order chi connectivity index (χ0) is 18.2. The molecule has 1 heterocycles. The molecule has 130 valence electrons. The number of esters is 1. The van der Waals surface area contributed by atoms with Crippen LogP contribution in [-0.2, 0) is 14.8 Å². The molecule has 0 spiro atoms. The second-order valence-corrected chi connectivity index (χ2v) is 7.98. The smallest absolute Gasteiger partial charge is 0.349 e. The molecule has 0 aliphatic rings. The average Bonchev–Trinajstić information content (AvgIpc) is 2.97. The summed E-state index contributed by atoms with van der Waals surface area (Å²) in [5.41, 5.74) is 0.676. The quantitative estimate of drug-likeness (QED) is 0.697. The van der Waals surface area contributed by atoms with Gasteiger partial charge in [-0.25, -0.2) is 17.6 Å². The molecule has 0 atom stereocenters. The highest BCUT2D eigenvalue weighted by molar-refractivity contribution is 7.93. The van der Waals surface area contributed by atoms with Crippen LogP contribution < -0.4 is 4.72 Å². The van der Waals surface area contributed by atoms with Gasteiger partial charge in [-0.1, -0.05) is 18.2 Å². The number of ether oxygens (including phenoxy) is 1. The minimum atomic E-state index is -4.08. The van der Waals surface area contributed by atoms with Crippen molar-refractivity contribution in [2.45, 2.75) is 11.8 Å². The van der Waals surface area contributed by atoms with E-state index in [1.807, 2.05) is 0 Å². The lowest BCUT2D eigenvalue weighted by Crippen LogP contribution is -2.16. The van der Waals surface area contributed by atoms with E-state index in [0.717, 1.165) is 17.4 Å². The Balaban J connectivity index is 2.18. The van der Waals surface area contributed by atoms with Gasteiger partial charge in [0.05, 0.1) is 12.8 Å². The standard InChI is InChI=1S/C17H14FNO4S2/c1-10-9-11(18)7-8-13(10)19-25(21,22)16-12-5-3-4-6-14(12)24-15(16)17(20)23-2/h3-9,19H,1-2H3. The van der Waals surface area contributed by atoms with Crippen molar-refractivity contribution in [2.24, 2.45) is 0 Å². The summed E-state index contributed by atoms with van der Waals surface area (Å²) in [5, 5.41) is 0.431. The highest BCUT2D eigenvalue weighted by atomic mass is 32.2. The van der Waals surface area contributed by atoms with Crippen LogP contribution in [0.3, 0.4) is 0 Å². The lowest BCUT2D eigenvalue weighted by atomic mass is 10.2. The van der Waals surface area contributed by atoms with Crippen molar-refractivity contribution in [2.75, 3.05) is 11.8 Å². The maximum absolute atomic E-state index is 13.2. The summed E-state index contributed by atoms with van der Waals surface area (Å²) in [7, 11) is -2.89. The highest BCUT2D eigenvalue weighted by Crippen LogP contribution is 2.36. The molecule has 1 aromatic heterocycles. The fourth-order valence-corrected chi connectivity index (χ4v) is 5.40.